The molecule has 0 saturated carbocycles. The van der Waals surface area contributed by atoms with Crippen LogP contribution in [0.2, 0.25) is 5.02 Å². The molecule has 0 radical (unpaired) electrons. The van der Waals surface area contributed by atoms with Gasteiger partial charge in [0.15, 0.2) is 0 Å². The molecule has 0 saturated heterocycles. The molecule has 0 bridgehead atoms. The minimum absolute atomic E-state index is 0.376. The van der Waals surface area contributed by atoms with Gasteiger partial charge in [-0.05, 0) is 26.8 Å². The first-order valence-electron chi connectivity index (χ1n) is 5.73. The third-order valence-corrected chi connectivity index (χ3v) is 3.49. The molecule has 2 aromatic heterocycles. The molecular weight excluding hydrogens is 268 g/mol. The van der Waals surface area contributed by atoms with E-state index in [2.05, 4.69) is 10.5 Å². The van der Waals surface area contributed by atoms with Gasteiger partial charge in [0.1, 0.15) is 11.5 Å². The van der Waals surface area contributed by atoms with E-state index in [-0.39, 0.29) is 5.91 Å². The van der Waals surface area contributed by atoms with Crippen LogP contribution in [0.3, 0.4) is 0 Å². The van der Waals surface area contributed by atoms with Crippen LogP contribution in [-0.4, -0.2) is 15.7 Å². The van der Waals surface area contributed by atoms with Crippen LogP contribution in [0, 0.1) is 20.8 Å². The summed E-state index contributed by atoms with van der Waals surface area (Å²) in [5.74, 6) is 5.87. The average Bonchev–Trinajstić information content (AvgIpc) is 2.85. The molecule has 0 unspecified atom stereocenters. The van der Waals surface area contributed by atoms with E-state index in [4.69, 9.17) is 21.9 Å². The number of furan rings is 1. The van der Waals surface area contributed by atoms with Crippen molar-refractivity contribution in [2.45, 2.75) is 27.3 Å². The van der Waals surface area contributed by atoms with Crippen molar-refractivity contribution in [1.82, 2.24) is 15.2 Å². The van der Waals surface area contributed by atoms with E-state index in [1.807, 2.05) is 13.8 Å². The molecule has 2 aromatic rings. The second kappa shape index (κ2) is 5.07. The fourth-order valence-electron chi connectivity index (χ4n) is 1.90. The SMILES string of the molecule is Cc1nn(Cc2cc(C(=O)NN)c(C)o2)c(C)c1Cl. The number of nitrogens with two attached hydrogens (primary N) is 1. The summed E-state index contributed by atoms with van der Waals surface area (Å²) in [6.07, 6.45) is 0. The monoisotopic (exact) mass is 282 g/mol. The summed E-state index contributed by atoms with van der Waals surface area (Å²) in [5, 5.41) is 4.95. The number of hydrogen-bond donors (Lipinski definition) is 2. The van der Waals surface area contributed by atoms with Crippen molar-refractivity contribution >= 4 is 17.5 Å². The van der Waals surface area contributed by atoms with Crippen molar-refractivity contribution in [3.8, 4) is 0 Å². The summed E-state index contributed by atoms with van der Waals surface area (Å²) in [4.78, 5) is 11.5. The molecular formula is C12H15ClN4O2. The molecule has 2 heterocycles. The van der Waals surface area contributed by atoms with Crippen LogP contribution < -0.4 is 11.3 Å². The summed E-state index contributed by atoms with van der Waals surface area (Å²) >= 11 is 6.08. The minimum Gasteiger partial charge on any atom is -0.464 e. The lowest BCUT2D eigenvalue weighted by molar-refractivity contribution is 0.0952. The van der Waals surface area contributed by atoms with E-state index in [0.717, 1.165) is 11.4 Å². The molecule has 1 amide bonds. The maximum absolute atomic E-state index is 11.5. The van der Waals surface area contributed by atoms with Gasteiger partial charge in [0.2, 0.25) is 0 Å². The van der Waals surface area contributed by atoms with Crippen LogP contribution in [0.4, 0.5) is 0 Å². The Hall–Kier alpha value is -1.79. The lowest BCUT2D eigenvalue weighted by atomic mass is 10.2. The Morgan fingerprint density at radius 1 is 1.53 bits per heavy atom. The molecule has 19 heavy (non-hydrogen) atoms. The Balaban J connectivity index is 2.29. The highest BCUT2D eigenvalue weighted by Crippen LogP contribution is 2.21. The Bertz CT molecular complexity index is 630. The predicted molar refractivity (Wildman–Crippen MR) is 70.9 cm³/mol. The Morgan fingerprint density at radius 3 is 2.74 bits per heavy atom. The first-order valence-corrected chi connectivity index (χ1v) is 6.11. The number of halogens is 1. The fourth-order valence-corrected chi connectivity index (χ4v) is 2.04. The third-order valence-electron chi connectivity index (χ3n) is 2.94. The molecule has 7 heteroatoms. The van der Waals surface area contributed by atoms with E-state index in [1.165, 1.54) is 0 Å². The zero-order valence-corrected chi connectivity index (χ0v) is 11.7. The second-order valence-corrected chi connectivity index (χ2v) is 4.68. The van der Waals surface area contributed by atoms with Gasteiger partial charge >= 0.3 is 0 Å². The van der Waals surface area contributed by atoms with Crippen LogP contribution in [0.5, 0.6) is 0 Å². The summed E-state index contributed by atoms with van der Waals surface area (Å²) in [7, 11) is 0. The quantitative estimate of drug-likeness (QED) is 0.510. The number of nitrogens with one attached hydrogen (secondary N) is 1. The highest BCUT2D eigenvalue weighted by molar-refractivity contribution is 6.31. The van der Waals surface area contributed by atoms with E-state index in [9.17, 15) is 4.79 Å². The Morgan fingerprint density at radius 2 is 2.21 bits per heavy atom. The number of carbonyl (C=O) groups is 1. The van der Waals surface area contributed by atoms with Gasteiger partial charge in [0, 0.05) is 0 Å². The van der Waals surface area contributed by atoms with E-state index in [1.54, 1.807) is 17.7 Å². The lowest BCUT2D eigenvalue weighted by Crippen LogP contribution is -2.30. The number of aryl methyl sites for hydroxylation is 2. The summed E-state index contributed by atoms with van der Waals surface area (Å²) in [6.45, 7) is 5.85. The van der Waals surface area contributed by atoms with Gasteiger partial charge < -0.3 is 4.42 Å². The van der Waals surface area contributed by atoms with Crippen molar-refractivity contribution in [2.24, 2.45) is 5.84 Å². The average molecular weight is 283 g/mol. The maximum atomic E-state index is 11.5. The largest absolute Gasteiger partial charge is 0.464 e. The molecule has 0 atom stereocenters. The van der Waals surface area contributed by atoms with Crippen LogP contribution in [0.25, 0.3) is 0 Å². The van der Waals surface area contributed by atoms with Crippen LogP contribution in [0.15, 0.2) is 10.5 Å². The smallest absolute Gasteiger partial charge is 0.268 e. The second-order valence-electron chi connectivity index (χ2n) is 4.30. The molecule has 0 aliphatic rings. The van der Waals surface area contributed by atoms with Gasteiger partial charge in [0.25, 0.3) is 5.91 Å². The molecule has 2 rings (SSSR count). The minimum atomic E-state index is -0.376. The lowest BCUT2D eigenvalue weighted by Gasteiger charge is -2.00. The number of amides is 1. The van der Waals surface area contributed by atoms with Crippen molar-refractivity contribution in [1.29, 1.82) is 0 Å². The highest BCUT2D eigenvalue weighted by Gasteiger charge is 2.16. The molecule has 0 aliphatic heterocycles. The summed E-state index contributed by atoms with van der Waals surface area (Å²) in [6, 6.07) is 1.65. The van der Waals surface area contributed by atoms with Crippen molar-refractivity contribution < 1.29 is 9.21 Å². The maximum Gasteiger partial charge on any atom is 0.268 e. The zero-order valence-electron chi connectivity index (χ0n) is 11.0. The number of nitrogens with zero attached hydrogens (tertiary/aromatic N) is 2. The molecule has 0 spiro atoms. The number of aromatic nitrogens is 2. The number of hydrogen-bond acceptors (Lipinski definition) is 4. The summed E-state index contributed by atoms with van der Waals surface area (Å²) < 4.78 is 7.26. The predicted octanol–water partition coefficient (Wildman–Crippen LogP) is 1.71. The van der Waals surface area contributed by atoms with Gasteiger partial charge in [-0.3, -0.25) is 14.9 Å². The first-order chi connectivity index (χ1) is 8.93. The van der Waals surface area contributed by atoms with Crippen molar-refractivity contribution in [3.05, 3.63) is 39.6 Å². The van der Waals surface area contributed by atoms with Crippen LogP contribution >= 0.6 is 11.6 Å². The number of hydrazine groups is 1. The Kier molecular flexibility index (Phi) is 3.64. The van der Waals surface area contributed by atoms with Crippen LogP contribution in [0.1, 0.15) is 33.3 Å². The third kappa shape index (κ3) is 2.50. The molecule has 3 N–H and O–H groups in total. The van der Waals surface area contributed by atoms with Gasteiger partial charge in [0.05, 0.1) is 28.5 Å². The molecule has 102 valence electrons. The highest BCUT2D eigenvalue weighted by atomic mass is 35.5. The van der Waals surface area contributed by atoms with Gasteiger partial charge in [-0.25, -0.2) is 5.84 Å². The fraction of sp³-hybridized carbons (Fsp3) is 0.333. The van der Waals surface area contributed by atoms with Crippen molar-refractivity contribution in [3.63, 3.8) is 0 Å². The zero-order chi connectivity index (χ0) is 14.2. The standard InChI is InChI=1S/C12H15ClN4O2/c1-6-11(13)7(2)17(16-6)5-9-4-10(8(3)19-9)12(18)15-14/h4H,5,14H2,1-3H3,(H,15,18). The number of carbonyl (C=O) groups excluding carboxylic acids is 1. The van der Waals surface area contributed by atoms with E-state index < -0.39 is 0 Å². The normalized spacial score (nSPS) is 10.8. The Labute approximate surface area is 115 Å². The summed E-state index contributed by atoms with van der Waals surface area (Å²) in [5.41, 5.74) is 4.13. The molecule has 6 nitrogen and oxygen atoms in total. The molecule has 0 fully saturated rings. The first kappa shape index (κ1) is 13.6. The number of nitrogen functional groups attached to an aromatic ring is 1. The molecule has 0 aromatic carbocycles. The number of rotatable bonds is 3. The van der Waals surface area contributed by atoms with Gasteiger partial charge in [-0.1, -0.05) is 11.6 Å². The topological polar surface area (TPSA) is 86.1 Å². The van der Waals surface area contributed by atoms with Gasteiger partial charge in [-0.2, -0.15) is 5.10 Å². The van der Waals surface area contributed by atoms with Crippen molar-refractivity contribution in [2.75, 3.05) is 0 Å². The van der Waals surface area contributed by atoms with Gasteiger partial charge in [-0.15, -0.1) is 0 Å². The van der Waals surface area contributed by atoms with E-state index >= 15 is 0 Å². The molecule has 0 aliphatic carbocycles. The van der Waals surface area contributed by atoms with Crippen LogP contribution in [-0.2, 0) is 6.54 Å². The van der Waals surface area contributed by atoms with E-state index in [0.29, 0.717) is 28.7 Å².